The lowest BCUT2D eigenvalue weighted by Crippen LogP contribution is -2.47. The molecule has 0 radical (unpaired) electrons. The molecule has 1 aromatic rings. The van der Waals surface area contributed by atoms with Crippen molar-refractivity contribution in [3.63, 3.8) is 0 Å². The maximum absolute atomic E-state index is 9.84. The van der Waals surface area contributed by atoms with Crippen LogP contribution in [0.3, 0.4) is 0 Å². The first kappa shape index (κ1) is 13.9. The zero-order valence-electron chi connectivity index (χ0n) is 11.5. The number of hydrogen-bond acceptors (Lipinski definition) is 3. The Morgan fingerprint density at radius 3 is 2.94 bits per heavy atom. The Labute approximate surface area is 114 Å². The molecule has 1 heterocycles. The monoisotopic (exact) mass is 265 g/mol. The predicted molar refractivity (Wildman–Crippen MR) is 78.4 cm³/mol. The van der Waals surface area contributed by atoms with Crippen LogP contribution in [0, 0.1) is 0 Å². The molecule has 1 aromatic carbocycles. The number of rotatable bonds is 5. The average Bonchev–Trinajstić information content (AvgIpc) is 2.85. The van der Waals surface area contributed by atoms with Gasteiger partial charge in [-0.05, 0) is 37.1 Å². The summed E-state index contributed by atoms with van der Waals surface area (Å²) in [5.41, 5.74) is 2.48. The minimum absolute atomic E-state index is 0.174. The number of aliphatic hydroxyl groups is 1. The van der Waals surface area contributed by atoms with Gasteiger partial charge < -0.3 is 10.4 Å². The molecular formula is C15H23NOS. The molecule has 0 bridgehead atoms. The van der Waals surface area contributed by atoms with Crippen LogP contribution in [0.25, 0.3) is 0 Å². The fraction of sp³-hybridized carbons (Fsp3) is 0.600. The zero-order valence-corrected chi connectivity index (χ0v) is 12.3. The van der Waals surface area contributed by atoms with E-state index in [1.165, 1.54) is 21.8 Å². The van der Waals surface area contributed by atoms with Crippen molar-refractivity contribution in [2.45, 2.75) is 43.5 Å². The third-order valence-corrected chi connectivity index (χ3v) is 5.26. The van der Waals surface area contributed by atoms with E-state index in [4.69, 9.17) is 0 Å². The highest BCUT2D eigenvalue weighted by Gasteiger charge is 2.32. The summed E-state index contributed by atoms with van der Waals surface area (Å²) in [5.74, 6) is 1.19. The first-order valence-electron chi connectivity index (χ1n) is 6.72. The third kappa shape index (κ3) is 2.44. The van der Waals surface area contributed by atoms with Gasteiger partial charge in [-0.25, -0.2) is 0 Å². The lowest BCUT2D eigenvalue weighted by Gasteiger charge is -2.35. The molecule has 1 aliphatic rings. The number of fused-ring (bicyclic) bond motifs is 1. The molecule has 1 aliphatic heterocycles. The molecule has 0 amide bonds. The van der Waals surface area contributed by atoms with Crippen molar-refractivity contribution in [1.82, 2.24) is 5.32 Å². The van der Waals surface area contributed by atoms with Gasteiger partial charge in [0.1, 0.15) is 0 Å². The van der Waals surface area contributed by atoms with Crippen LogP contribution < -0.4 is 5.32 Å². The molecule has 2 rings (SSSR count). The molecular weight excluding hydrogens is 242 g/mol. The number of hydrogen-bond donors (Lipinski definition) is 2. The van der Waals surface area contributed by atoms with Crippen LogP contribution in [0.4, 0.5) is 0 Å². The highest BCUT2D eigenvalue weighted by atomic mass is 32.2. The normalized spacial score (nSPS) is 19.3. The molecule has 0 aliphatic carbocycles. The molecule has 3 heteroatoms. The Hall–Kier alpha value is -0.510. The lowest BCUT2D eigenvalue weighted by molar-refractivity contribution is 0.172. The van der Waals surface area contributed by atoms with Gasteiger partial charge in [-0.15, -0.1) is 11.8 Å². The van der Waals surface area contributed by atoms with E-state index in [9.17, 15) is 5.11 Å². The van der Waals surface area contributed by atoms with E-state index in [-0.39, 0.29) is 18.1 Å². The molecule has 2 N–H and O–H groups in total. The van der Waals surface area contributed by atoms with Crippen LogP contribution in [0.5, 0.6) is 0 Å². The number of nitrogens with one attached hydrogen (secondary N) is 1. The minimum atomic E-state index is -0.210. The van der Waals surface area contributed by atoms with Crippen LogP contribution in [0.1, 0.15) is 31.9 Å². The minimum Gasteiger partial charge on any atom is -0.395 e. The molecule has 2 nitrogen and oxygen atoms in total. The summed E-state index contributed by atoms with van der Waals surface area (Å²) in [6.45, 7) is 7.50. The predicted octanol–water partition coefficient (Wildman–Crippen LogP) is 2.58. The fourth-order valence-electron chi connectivity index (χ4n) is 2.55. The van der Waals surface area contributed by atoms with E-state index >= 15 is 0 Å². The zero-order chi connectivity index (χ0) is 13.2. The van der Waals surface area contributed by atoms with Gasteiger partial charge >= 0.3 is 0 Å². The van der Waals surface area contributed by atoms with Crippen molar-refractivity contribution in [2.75, 3.05) is 18.9 Å². The molecule has 2 unspecified atom stereocenters. The van der Waals surface area contributed by atoms with Gasteiger partial charge in [0.25, 0.3) is 0 Å². The number of aryl methyl sites for hydroxylation is 1. The third-order valence-electron chi connectivity index (χ3n) is 4.14. The highest BCUT2D eigenvalue weighted by Crippen LogP contribution is 2.35. The number of thioether (sulfide) groups is 1. The van der Waals surface area contributed by atoms with Crippen LogP contribution in [-0.4, -0.2) is 30.1 Å². The first-order chi connectivity index (χ1) is 8.61. The van der Waals surface area contributed by atoms with Crippen LogP contribution >= 0.6 is 11.8 Å². The van der Waals surface area contributed by atoms with Crippen molar-refractivity contribution < 1.29 is 5.11 Å². The second-order valence-electron chi connectivity index (χ2n) is 5.28. The lowest BCUT2D eigenvalue weighted by atomic mass is 9.76. The topological polar surface area (TPSA) is 32.3 Å². The molecule has 18 heavy (non-hydrogen) atoms. The summed E-state index contributed by atoms with van der Waals surface area (Å²) in [7, 11) is 0. The highest BCUT2D eigenvalue weighted by molar-refractivity contribution is 7.99. The molecule has 0 fully saturated rings. The van der Waals surface area contributed by atoms with Crippen molar-refractivity contribution in [3.8, 4) is 0 Å². The summed E-state index contributed by atoms with van der Waals surface area (Å²) in [6, 6.07) is 6.95. The van der Waals surface area contributed by atoms with Crippen LogP contribution in [0.15, 0.2) is 23.1 Å². The Kier molecular flexibility index (Phi) is 4.36. The largest absolute Gasteiger partial charge is 0.395 e. The average molecular weight is 265 g/mol. The fourth-order valence-corrected chi connectivity index (χ4v) is 3.60. The van der Waals surface area contributed by atoms with Crippen molar-refractivity contribution in [1.29, 1.82) is 0 Å². The number of likely N-dealkylation sites (N-methyl/N-ethyl adjacent to an activating group) is 1. The van der Waals surface area contributed by atoms with Crippen LogP contribution in [0.2, 0.25) is 0 Å². The van der Waals surface area contributed by atoms with Gasteiger partial charge in [-0.2, -0.15) is 0 Å². The standard InChI is InChI=1S/C15H23NOS/c1-4-16-11(2)15(3,10-17)13-5-6-14-12(9-13)7-8-18-14/h5-6,9,11,16-17H,4,7-8,10H2,1-3H3. The summed E-state index contributed by atoms with van der Waals surface area (Å²) < 4.78 is 0. The van der Waals surface area contributed by atoms with E-state index in [1.807, 2.05) is 11.8 Å². The Morgan fingerprint density at radius 2 is 2.28 bits per heavy atom. The maximum Gasteiger partial charge on any atom is 0.0540 e. The maximum atomic E-state index is 9.84. The molecule has 0 saturated carbocycles. The van der Waals surface area contributed by atoms with Gasteiger partial charge in [0, 0.05) is 22.1 Å². The summed E-state index contributed by atoms with van der Waals surface area (Å²) in [6.07, 6.45) is 1.16. The Morgan fingerprint density at radius 1 is 1.50 bits per heavy atom. The molecule has 0 saturated heterocycles. The van der Waals surface area contributed by atoms with E-state index in [0.29, 0.717) is 0 Å². The summed E-state index contributed by atoms with van der Waals surface area (Å²) in [5, 5.41) is 13.3. The van der Waals surface area contributed by atoms with E-state index in [0.717, 1.165) is 13.0 Å². The van der Waals surface area contributed by atoms with E-state index in [2.05, 4.69) is 44.3 Å². The first-order valence-corrected chi connectivity index (χ1v) is 7.71. The van der Waals surface area contributed by atoms with Gasteiger partial charge in [0.05, 0.1) is 6.61 Å². The molecule has 0 aromatic heterocycles. The van der Waals surface area contributed by atoms with Gasteiger partial charge in [-0.1, -0.05) is 26.0 Å². The van der Waals surface area contributed by atoms with Crippen molar-refractivity contribution >= 4 is 11.8 Å². The summed E-state index contributed by atoms with van der Waals surface area (Å²) in [4.78, 5) is 1.41. The number of aliphatic hydroxyl groups excluding tert-OH is 1. The quantitative estimate of drug-likeness (QED) is 0.858. The Balaban J connectivity index is 2.32. The summed E-state index contributed by atoms with van der Waals surface area (Å²) >= 11 is 1.94. The molecule has 2 atom stereocenters. The smallest absolute Gasteiger partial charge is 0.0540 e. The number of benzene rings is 1. The van der Waals surface area contributed by atoms with Crippen molar-refractivity contribution in [2.24, 2.45) is 0 Å². The Bertz CT molecular complexity index is 421. The van der Waals surface area contributed by atoms with Crippen molar-refractivity contribution in [3.05, 3.63) is 29.3 Å². The van der Waals surface area contributed by atoms with Crippen LogP contribution in [-0.2, 0) is 11.8 Å². The second-order valence-corrected chi connectivity index (χ2v) is 6.41. The SMILES string of the molecule is CCNC(C)C(C)(CO)c1ccc2c(c1)CCS2. The van der Waals surface area contributed by atoms with E-state index < -0.39 is 0 Å². The van der Waals surface area contributed by atoms with Gasteiger partial charge in [0.15, 0.2) is 0 Å². The second kappa shape index (κ2) is 5.64. The molecule has 100 valence electrons. The van der Waals surface area contributed by atoms with Gasteiger partial charge in [0.2, 0.25) is 0 Å². The molecule has 0 spiro atoms. The van der Waals surface area contributed by atoms with Gasteiger partial charge in [-0.3, -0.25) is 0 Å². The van der Waals surface area contributed by atoms with E-state index in [1.54, 1.807) is 0 Å².